The lowest BCUT2D eigenvalue weighted by atomic mass is 10.3. The van der Waals surface area contributed by atoms with Gasteiger partial charge in [-0.05, 0) is 6.42 Å². The van der Waals surface area contributed by atoms with Gasteiger partial charge in [-0.1, -0.05) is 6.92 Å². The van der Waals surface area contributed by atoms with Gasteiger partial charge in [0.15, 0.2) is 0 Å². The van der Waals surface area contributed by atoms with Crippen LogP contribution in [0.3, 0.4) is 0 Å². The Bertz CT molecular complexity index is 340. The van der Waals surface area contributed by atoms with E-state index < -0.39 is 10.0 Å². The van der Waals surface area contributed by atoms with Crippen LogP contribution in [0.2, 0.25) is 0 Å². The molecular formula is C10H19N3O2S. The molecule has 1 heterocycles. The summed E-state index contributed by atoms with van der Waals surface area (Å²) in [6.07, 6.45) is 1.18. The van der Waals surface area contributed by atoms with Crippen LogP contribution >= 0.6 is 0 Å². The molecule has 0 aliphatic carbocycles. The van der Waals surface area contributed by atoms with Crippen molar-refractivity contribution < 1.29 is 8.42 Å². The van der Waals surface area contributed by atoms with E-state index in [1.165, 1.54) is 0 Å². The zero-order valence-electron chi connectivity index (χ0n) is 9.72. The Morgan fingerprint density at radius 2 is 1.88 bits per heavy atom. The van der Waals surface area contributed by atoms with Crippen LogP contribution in [0, 0.1) is 11.3 Å². The van der Waals surface area contributed by atoms with Gasteiger partial charge in [-0.2, -0.15) is 9.57 Å². The smallest absolute Gasteiger partial charge is 0.214 e. The summed E-state index contributed by atoms with van der Waals surface area (Å²) in [4.78, 5) is 2.14. The van der Waals surface area contributed by atoms with Gasteiger partial charge in [0, 0.05) is 39.1 Å². The highest BCUT2D eigenvalue weighted by atomic mass is 32.2. The molecule has 16 heavy (non-hydrogen) atoms. The molecule has 0 aromatic heterocycles. The zero-order valence-corrected chi connectivity index (χ0v) is 10.5. The Balaban J connectivity index is 2.40. The van der Waals surface area contributed by atoms with E-state index in [1.54, 1.807) is 4.31 Å². The van der Waals surface area contributed by atoms with Crippen molar-refractivity contribution in [3.63, 3.8) is 0 Å². The minimum Gasteiger partial charge on any atom is -0.300 e. The van der Waals surface area contributed by atoms with Crippen LogP contribution in [0.1, 0.15) is 19.8 Å². The highest BCUT2D eigenvalue weighted by Gasteiger charge is 2.25. The van der Waals surface area contributed by atoms with E-state index >= 15 is 0 Å². The third-order valence-corrected chi connectivity index (χ3v) is 4.80. The Kier molecular flexibility index (Phi) is 5.19. The van der Waals surface area contributed by atoms with Gasteiger partial charge in [0.2, 0.25) is 10.0 Å². The SMILES string of the molecule is CCCS(=O)(=O)N1CCN(CCC#N)CC1. The highest BCUT2D eigenvalue weighted by molar-refractivity contribution is 7.89. The van der Waals surface area contributed by atoms with E-state index in [9.17, 15) is 8.42 Å². The average Bonchev–Trinajstić information content (AvgIpc) is 2.27. The summed E-state index contributed by atoms with van der Waals surface area (Å²) in [7, 11) is -3.04. The molecule has 5 nitrogen and oxygen atoms in total. The molecule has 0 bridgehead atoms. The van der Waals surface area contributed by atoms with E-state index in [0.29, 0.717) is 25.9 Å². The molecule has 1 rings (SSSR count). The number of nitriles is 1. The fourth-order valence-corrected chi connectivity index (χ4v) is 3.32. The van der Waals surface area contributed by atoms with E-state index in [0.717, 1.165) is 19.6 Å². The average molecular weight is 245 g/mol. The Hall–Kier alpha value is -0.640. The maximum atomic E-state index is 11.8. The van der Waals surface area contributed by atoms with Crippen LogP contribution in [0.25, 0.3) is 0 Å². The normalized spacial score (nSPS) is 19.5. The standard InChI is InChI=1S/C10H19N3O2S/c1-2-10-16(14,15)13-8-6-12(7-9-13)5-3-4-11/h2-3,5-10H2,1H3. The predicted molar refractivity (Wildman–Crippen MR) is 62.3 cm³/mol. The molecule has 0 aromatic rings. The minimum atomic E-state index is -3.04. The largest absolute Gasteiger partial charge is 0.300 e. The summed E-state index contributed by atoms with van der Waals surface area (Å²) in [5.74, 6) is 0.241. The van der Waals surface area contributed by atoms with Crippen LogP contribution in [0.15, 0.2) is 0 Å². The Labute approximate surface area is 97.7 Å². The second kappa shape index (κ2) is 6.18. The van der Waals surface area contributed by atoms with E-state index in [4.69, 9.17) is 5.26 Å². The van der Waals surface area contributed by atoms with E-state index in [-0.39, 0.29) is 5.75 Å². The molecule has 1 aliphatic rings. The van der Waals surface area contributed by atoms with Crippen LogP contribution < -0.4 is 0 Å². The Morgan fingerprint density at radius 3 is 2.38 bits per heavy atom. The molecular weight excluding hydrogens is 226 g/mol. The Morgan fingerprint density at radius 1 is 1.25 bits per heavy atom. The molecule has 6 heteroatoms. The number of rotatable bonds is 5. The molecule has 0 spiro atoms. The summed E-state index contributed by atoms with van der Waals surface area (Å²) < 4.78 is 25.1. The summed E-state index contributed by atoms with van der Waals surface area (Å²) >= 11 is 0. The quantitative estimate of drug-likeness (QED) is 0.697. The molecule has 1 aliphatic heterocycles. The lowest BCUT2D eigenvalue weighted by Gasteiger charge is -2.33. The van der Waals surface area contributed by atoms with Gasteiger partial charge in [0.05, 0.1) is 11.8 Å². The fraction of sp³-hybridized carbons (Fsp3) is 0.900. The summed E-state index contributed by atoms with van der Waals surface area (Å²) in [5.41, 5.74) is 0. The van der Waals surface area contributed by atoms with Gasteiger partial charge >= 0.3 is 0 Å². The minimum absolute atomic E-state index is 0.241. The van der Waals surface area contributed by atoms with Crippen molar-refractivity contribution in [2.75, 3.05) is 38.5 Å². The van der Waals surface area contributed by atoms with Crippen LogP contribution in [-0.2, 0) is 10.0 Å². The van der Waals surface area contributed by atoms with Gasteiger partial charge in [-0.15, -0.1) is 0 Å². The molecule has 1 fully saturated rings. The van der Waals surface area contributed by atoms with E-state index in [1.807, 2.05) is 6.92 Å². The third-order valence-electron chi connectivity index (χ3n) is 2.73. The van der Waals surface area contributed by atoms with Crippen molar-refractivity contribution in [2.45, 2.75) is 19.8 Å². The van der Waals surface area contributed by atoms with Gasteiger partial charge in [-0.3, -0.25) is 4.90 Å². The van der Waals surface area contributed by atoms with Crippen molar-refractivity contribution in [3.8, 4) is 6.07 Å². The molecule has 92 valence electrons. The zero-order chi connectivity index (χ0) is 12.0. The van der Waals surface area contributed by atoms with Crippen LogP contribution in [-0.4, -0.2) is 56.1 Å². The number of nitrogens with zero attached hydrogens (tertiary/aromatic N) is 3. The molecule has 0 N–H and O–H groups in total. The number of hydrogen-bond donors (Lipinski definition) is 0. The number of sulfonamides is 1. The first kappa shape index (κ1) is 13.4. The summed E-state index contributed by atoms with van der Waals surface area (Å²) in [6, 6.07) is 2.10. The fourth-order valence-electron chi connectivity index (χ4n) is 1.83. The topological polar surface area (TPSA) is 64.4 Å². The van der Waals surface area contributed by atoms with E-state index in [2.05, 4.69) is 11.0 Å². The molecule has 1 saturated heterocycles. The first-order chi connectivity index (χ1) is 7.60. The lowest BCUT2D eigenvalue weighted by Crippen LogP contribution is -2.49. The molecule has 0 amide bonds. The summed E-state index contributed by atoms with van der Waals surface area (Å²) in [5, 5.41) is 8.47. The van der Waals surface area contributed by atoms with Crippen LogP contribution in [0.5, 0.6) is 0 Å². The van der Waals surface area contributed by atoms with Crippen molar-refractivity contribution in [2.24, 2.45) is 0 Å². The maximum Gasteiger partial charge on any atom is 0.214 e. The maximum absolute atomic E-state index is 11.8. The molecule has 0 aromatic carbocycles. The predicted octanol–water partition coefficient (Wildman–Crippen LogP) is 0.257. The van der Waals surface area contributed by atoms with Gasteiger partial charge in [-0.25, -0.2) is 8.42 Å². The van der Waals surface area contributed by atoms with Crippen molar-refractivity contribution >= 4 is 10.0 Å². The van der Waals surface area contributed by atoms with Gasteiger partial charge in [0.25, 0.3) is 0 Å². The second-order valence-corrected chi connectivity index (χ2v) is 6.05. The van der Waals surface area contributed by atoms with Crippen molar-refractivity contribution in [3.05, 3.63) is 0 Å². The number of hydrogen-bond acceptors (Lipinski definition) is 4. The third kappa shape index (κ3) is 3.74. The monoisotopic (exact) mass is 245 g/mol. The van der Waals surface area contributed by atoms with Gasteiger partial charge in [0.1, 0.15) is 0 Å². The van der Waals surface area contributed by atoms with Crippen molar-refractivity contribution in [1.82, 2.24) is 9.21 Å². The molecule has 0 unspecified atom stereocenters. The highest BCUT2D eigenvalue weighted by Crippen LogP contribution is 2.09. The first-order valence-electron chi connectivity index (χ1n) is 5.67. The number of piperazine rings is 1. The summed E-state index contributed by atoms with van der Waals surface area (Å²) in [6.45, 7) is 5.23. The van der Waals surface area contributed by atoms with Crippen LogP contribution in [0.4, 0.5) is 0 Å². The van der Waals surface area contributed by atoms with Gasteiger partial charge < -0.3 is 0 Å². The second-order valence-electron chi connectivity index (χ2n) is 3.96. The first-order valence-corrected chi connectivity index (χ1v) is 7.28. The molecule has 0 saturated carbocycles. The lowest BCUT2D eigenvalue weighted by molar-refractivity contribution is 0.191. The molecule has 0 radical (unpaired) electrons. The molecule has 0 atom stereocenters. The van der Waals surface area contributed by atoms with Crippen molar-refractivity contribution in [1.29, 1.82) is 5.26 Å².